The summed E-state index contributed by atoms with van der Waals surface area (Å²) >= 11 is 5.33. The molecule has 0 N–H and O–H groups in total. The molecule has 0 saturated heterocycles. The number of benzene rings is 1. The van der Waals surface area contributed by atoms with Crippen LogP contribution in [0, 0.1) is 0 Å². The van der Waals surface area contributed by atoms with Crippen molar-refractivity contribution >= 4 is 22.9 Å². The van der Waals surface area contributed by atoms with Crippen molar-refractivity contribution in [2.24, 2.45) is 0 Å². The van der Waals surface area contributed by atoms with E-state index in [9.17, 15) is 0 Å². The molecule has 110 valence electrons. The number of hydrogen-bond donors (Lipinski definition) is 0. The maximum atomic E-state index is 5.67. The average Bonchev–Trinajstić information content (AvgIpc) is 2.40. The van der Waals surface area contributed by atoms with Crippen LogP contribution in [0.1, 0.15) is 40.0 Å². The van der Waals surface area contributed by atoms with Crippen LogP contribution in [0.5, 0.6) is 5.75 Å². The highest BCUT2D eigenvalue weighted by Crippen LogP contribution is 2.21. The van der Waals surface area contributed by atoms with E-state index >= 15 is 0 Å². The van der Waals surface area contributed by atoms with Gasteiger partial charge in [0.1, 0.15) is 5.75 Å². The topological polar surface area (TPSA) is 12.5 Å². The molecule has 0 bridgehead atoms. The molecule has 20 heavy (non-hydrogen) atoms. The lowest BCUT2D eigenvalue weighted by Crippen LogP contribution is -2.28. The minimum Gasteiger partial charge on any atom is -0.494 e. The first kappa shape index (κ1) is 16.7. The normalized spacial score (nSPS) is 10.2. The molecule has 2 nitrogen and oxygen atoms in total. The quantitative estimate of drug-likeness (QED) is 0.380. The fourth-order valence-corrected chi connectivity index (χ4v) is 2.02. The highest BCUT2D eigenvalue weighted by molar-refractivity contribution is 7.80. The van der Waals surface area contributed by atoms with Crippen molar-refractivity contribution in [2.75, 3.05) is 18.1 Å². The zero-order chi connectivity index (χ0) is 15.0. The van der Waals surface area contributed by atoms with Crippen molar-refractivity contribution in [3.63, 3.8) is 0 Å². The monoisotopic (exact) mass is 291 g/mol. The fourth-order valence-electron chi connectivity index (χ4n) is 1.83. The number of rotatable bonds is 8. The molecule has 3 heteroatoms. The summed E-state index contributed by atoms with van der Waals surface area (Å²) in [6.07, 6.45) is 3.19. The molecule has 1 aromatic carbocycles. The summed E-state index contributed by atoms with van der Waals surface area (Å²) in [4.78, 5) is 3.02. The van der Waals surface area contributed by atoms with Gasteiger partial charge < -0.3 is 9.64 Å². The SMILES string of the molecule is C=C(C)CCN(C(C)=S)c1ccc(OCCCC)cc1. The van der Waals surface area contributed by atoms with Gasteiger partial charge >= 0.3 is 0 Å². The molecule has 0 heterocycles. The zero-order valence-corrected chi connectivity index (χ0v) is 13.6. The van der Waals surface area contributed by atoms with Gasteiger partial charge in [0.15, 0.2) is 0 Å². The highest BCUT2D eigenvalue weighted by atomic mass is 32.1. The number of ether oxygens (including phenoxy) is 1. The molecule has 0 aliphatic carbocycles. The van der Waals surface area contributed by atoms with E-state index in [0.717, 1.165) is 48.8 Å². The van der Waals surface area contributed by atoms with Crippen molar-refractivity contribution in [3.05, 3.63) is 36.4 Å². The summed E-state index contributed by atoms with van der Waals surface area (Å²) in [6.45, 7) is 11.8. The summed E-state index contributed by atoms with van der Waals surface area (Å²) in [5.74, 6) is 0.920. The first-order valence-electron chi connectivity index (χ1n) is 7.20. The van der Waals surface area contributed by atoms with Crippen molar-refractivity contribution < 1.29 is 4.74 Å². The van der Waals surface area contributed by atoms with E-state index < -0.39 is 0 Å². The maximum absolute atomic E-state index is 5.67. The van der Waals surface area contributed by atoms with Crippen LogP contribution in [-0.2, 0) is 0 Å². The molecule has 0 amide bonds. The predicted molar refractivity (Wildman–Crippen MR) is 91.9 cm³/mol. The second-order valence-corrected chi connectivity index (χ2v) is 5.66. The van der Waals surface area contributed by atoms with E-state index in [1.807, 2.05) is 26.0 Å². The number of nitrogens with zero attached hydrogens (tertiary/aromatic N) is 1. The van der Waals surface area contributed by atoms with Gasteiger partial charge in [-0.15, -0.1) is 6.58 Å². The molecule has 1 rings (SSSR count). The number of unbranched alkanes of at least 4 members (excludes halogenated alkanes) is 1. The standard InChI is InChI=1S/C17H25NOS/c1-5-6-13-19-17-9-7-16(8-10-17)18(15(4)20)12-11-14(2)3/h7-10H,2,5-6,11-13H2,1,3-4H3. The first-order chi connectivity index (χ1) is 9.54. The third-order valence-corrected chi connectivity index (χ3v) is 3.28. The number of thiocarbonyl (C=S) groups is 1. The van der Waals surface area contributed by atoms with Gasteiger partial charge in [0.2, 0.25) is 0 Å². The van der Waals surface area contributed by atoms with Gasteiger partial charge in [-0.3, -0.25) is 0 Å². The van der Waals surface area contributed by atoms with Crippen molar-refractivity contribution in [2.45, 2.75) is 40.0 Å². The summed E-state index contributed by atoms with van der Waals surface area (Å²) in [5, 5.41) is 0. The zero-order valence-electron chi connectivity index (χ0n) is 12.8. The van der Waals surface area contributed by atoms with Crippen LogP contribution in [0.15, 0.2) is 36.4 Å². The van der Waals surface area contributed by atoms with Crippen LogP contribution in [0.2, 0.25) is 0 Å². The molecule has 0 fully saturated rings. The molecule has 0 radical (unpaired) electrons. The van der Waals surface area contributed by atoms with Crippen LogP contribution in [-0.4, -0.2) is 18.1 Å². The minimum absolute atomic E-state index is 0.779. The van der Waals surface area contributed by atoms with Gasteiger partial charge in [0.05, 0.1) is 11.6 Å². The van der Waals surface area contributed by atoms with E-state index in [2.05, 4.69) is 30.5 Å². The van der Waals surface area contributed by atoms with E-state index in [1.54, 1.807) is 0 Å². The third-order valence-electron chi connectivity index (χ3n) is 3.06. The summed E-state index contributed by atoms with van der Waals surface area (Å²) < 4.78 is 5.67. The van der Waals surface area contributed by atoms with E-state index in [4.69, 9.17) is 17.0 Å². The Labute approximate surface area is 128 Å². The Morgan fingerprint density at radius 3 is 2.40 bits per heavy atom. The molecule has 0 aliphatic rings. The molecule has 0 spiro atoms. The van der Waals surface area contributed by atoms with Gasteiger partial charge in [-0.2, -0.15) is 0 Å². The van der Waals surface area contributed by atoms with Crippen LogP contribution >= 0.6 is 12.2 Å². The van der Waals surface area contributed by atoms with Gasteiger partial charge in [0.25, 0.3) is 0 Å². The van der Waals surface area contributed by atoms with Crippen molar-refractivity contribution in [1.29, 1.82) is 0 Å². The average molecular weight is 291 g/mol. The van der Waals surface area contributed by atoms with Crippen LogP contribution in [0.25, 0.3) is 0 Å². The van der Waals surface area contributed by atoms with Crippen LogP contribution in [0.4, 0.5) is 5.69 Å². The summed E-state index contributed by atoms with van der Waals surface area (Å²) in [6, 6.07) is 8.15. The molecule has 0 atom stereocenters. The number of hydrogen-bond acceptors (Lipinski definition) is 2. The Hall–Kier alpha value is -1.35. The lowest BCUT2D eigenvalue weighted by molar-refractivity contribution is 0.309. The second kappa shape index (κ2) is 8.75. The first-order valence-corrected chi connectivity index (χ1v) is 7.60. The molecule has 0 aromatic heterocycles. The Morgan fingerprint density at radius 1 is 1.25 bits per heavy atom. The van der Waals surface area contributed by atoms with E-state index in [0.29, 0.717) is 0 Å². The summed E-state index contributed by atoms with van der Waals surface area (Å²) in [7, 11) is 0. The maximum Gasteiger partial charge on any atom is 0.119 e. The fraction of sp³-hybridized carbons (Fsp3) is 0.471. The molecule has 1 aromatic rings. The van der Waals surface area contributed by atoms with Gasteiger partial charge in [0, 0.05) is 12.2 Å². The van der Waals surface area contributed by atoms with Crippen LogP contribution in [0.3, 0.4) is 0 Å². The van der Waals surface area contributed by atoms with E-state index in [1.165, 1.54) is 5.57 Å². The van der Waals surface area contributed by atoms with Crippen LogP contribution < -0.4 is 9.64 Å². The predicted octanol–water partition coefficient (Wildman–Crippen LogP) is 4.99. The lowest BCUT2D eigenvalue weighted by atomic mass is 10.2. The number of anilines is 1. The minimum atomic E-state index is 0.779. The Morgan fingerprint density at radius 2 is 1.90 bits per heavy atom. The largest absolute Gasteiger partial charge is 0.494 e. The molecule has 0 saturated carbocycles. The summed E-state index contributed by atoms with van der Waals surface area (Å²) in [5.41, 5.74) is 2.28. The Bertz CT molecular complexity index is 439. The van der Waals surface area contributed by atoms with Crippen molar-refractivity contribution in [1.82, 2.24) is 0 Å². The second-order valence-electron chi connectivity index (χ2n) is 5.07. The molecule has 0 aliphatic heterocycles. The molecule has 0 unspecified atom stereocenters. The van der Waals surface area contributed by atoms with Gasteiger partial charge in [-0.1, -0.05) is 31.1 Å². The highest BCUT2D eigenvalue weighted by Gasteiger charge is 2.08. The van der Waals surface area contributed by atoms with Crippen molar-refractivity contribution in [3.8, 4) is 5.75 Å². The van der Waals surface area contributed by atoms with Gasteiger partial charge in [-0.05, 0) is 51.0 Å². The molecular weight excluding hydrogens is 266 g/mol. The van der Waals surface area contributed by atoms with E-state index in [-0.39, 0.29) is 0 Å². The lowest BCUT2D eigenvalue weighted by Gasteiger charge is -2.24. The molecular formula is C17H25NOS. The Kier molecular flexibility index (Phi) is 7.31. The Balaban J connectivity index is 2.67. The van der Waals surface area contributed by atoms with Gasteiger partial charge in [-0.25, -0.2) is 0 Å². The smallest absolute Gasteiger partial charge is 0.119 e. The third kappa shape index (κ3) is 5.74.